The zero-order valence-corrected chi connectivity index (χ0v) is 9.67. The molecular formula is C12H14F4N2. The maximum atomic E-state index is 13.1. The SMILES string of the molecule is NC(CN1CCC1)c1ccc(F)c(C(F)(F)F)c1. The van der Waals surface area contributed by atoms with E-state index in [2.05, 4.69) is 4.90 Å². The van der Waals surface area contributed by atoms with Crippen LogP contribution in [-0.2, 0) is 6.18 Å². The minimum Gasteiger partial charge on any atom is -0.323 e. The Morgan fingerprint density at radius 1 is 1.28 bits per heavy atom. The average Bonchev–Trinajstić information content (AvgIpc) is 2.22. The molecule has 1 aliphatic heterocycles. The van der Waals surface area contributed by atoms with Gasteiger partial charge in [0.25, 0.3) is 0 Å². The van der Waals surface area contributed by atoms with Crippen LogP contribution < -0.4 is 5.73 Å². The zero-order valence-electron chi connectivity index (χ0n) is 9.67. The van der Waals surface area contributed by atoms with Crippen LogP contribution in [-0.4, -0.2) is 24.5 Å². The first kappa shape index (κ1) is 13.3. The maximum Gasteiger partial charge on any atom is 0.419 e. The molecule has 1 atom stereocenters. The van der Waals surface area contributed by atoms with Gasteiger partial charge in [-0.3, -0.25) is 0 Å². The van der Waals surface area contributed by atoms with Gasteiger partial charge in [-0.15, -0.1) is 0 Å². The van der Waals surface area contributed by atoms with Crippen LogP contribution in [0.5, 0.6) is 0 Å². The molecule has 0 aromatic heterocycles. The summed E-state index contributed by atoms with van der Waals surface area (Å²) in [6.45, 7) is 2.34. The molecule has 1 aromatic carbocycles. The monoisotopic (exact) mass is 262 g/mol. The van der Waals surface area contributed by atoms with Crippen molar-refractivity contribution in [2.45, 2.75) is 18.6 Å². The Balaban J connectivity index is 2.17. The lowest BCUT2D eigenvalue weighted by atomic mass is 10.0. The first-order valence-corrected chi connectivity index (χ1v) is 5.72. The van der Waals surface area contributed by atoms with Gasteiger partial charge in [-0.25, -0.2) is 4.39 Å². The first-order valence-electron chi connectivity index (χ1n) is 5.72. The zero-order chi connectivity index (χ0) is 13.3. The van der Waals surface area contributed by atoms with Gasteiger partial charge in [-0.2, -0.15) is 13.2 Å². The van der Waals surface area contributed by atoms with Crippen molar-refractivity contribution in [2.75, 3.05) is 19.6 Å². The summed E-state index contributed by atoms with van der Waals surface area (Å²) in [4.78, 5) is 2.06. The summed E-state index contributed by atoms with van der Waals surface area (Å²) in [6, 6.07) is 2.43. The predicted molar refractivity (Wildman–Crippen MR) is 59.4 cm³/mol. The van der Waals surface area contributed by atoms with E-state index in [1.165, 1.54) is 6.07 Å². The van der Waals surface area contributed by atoms with Crippen molar-refractivity contribution in [3.8, 4) is 0 Å². The second-order valence-electron chi connectivity index (χ2n) is 4.50. The van der Waals surface area contributed by atoms with E-state index in [0.717, 1.165) is 31.6 Å². The Labute approximate surface area is 102 Å². The van der Waals surface area contributed by atoms with Crippen LogP contribution in [0.3, 0.4) is 0 Å². The number of hydrogen-bond donors (Lipinski definition) is 1. The molecule has 6 heteroatoms. The Bertz CT molecular complexity index is 427. The number of benzene rings is 1. The molecule has 1 aliphatic rings. The van der Waals surface area contributed by atoms with E-state index in [4.69, 9.17) is 5.73 Å². The average molecular weight is 262 g/mol. The molecule has 1 fully saturated rings. The predicted octanol–water partition coefficient (Wildman–Crippen LogP) is 2.55. The highest BCUT2D eigenvalue weighted by atomic mass is 19.4. The first-order chi connectivity index (χ1) is 8.38. The second-order valence-corrected chi connectivity index (χ2v) is 4.50. The molecule has 1 unspecified atom stereocenters. The number of hydrogen-bond acceptors (Lipinski definition) is 2. The number of nitrogens with two attached hydrogens (primary N) is 1. The third kappa shape index (κ3) is 2.81. The van der Waals surface area contributed by atoms with Crippen molar-refractivity contribution in [3.05, 3.63) is 35.1 Å². The molecule has 18 heavy (non-hydrogen) atoms. The highest BCUT2D eigenvalue weighted by molar-refractivity contribution is 5.29. The smallest absolute Gasteiger partial charge is 0.323 e. The molecule has 0 amide bonds. The quantitative estimate of drug-likeness (QED) is 0.848. The summed E-state index contributed by atoms with van der Waals surface area (Å²) in [6.07, 6.45) is -3.60. The van der Waals surface area contributed by atoms with Gasteiger partial charge in [0, 0.05) is 12.6 Å². The largest absolute Gasteiger partial charge is 0.419 e. The molecule has 2 rings (SSSR count). The lowest BCUT2D eigenvalue weighted by Crippen LogP contribution is -2.41. The van der Waals surface area contributed by atoms with Gasteiger partial charge in [0.1, 0.15) is 5.82 Å². The summed E-state index contributed by atoms with van der Waals surface area (Å²) in [7, 11) is 0. The summed E-state index contributed by atoms with van der Waals surface area (Å²) < 4.78 is 50.7. The normalized spacial score (nSPS) is 18.5. The molecule has 0 aliphatic carbocycles. The molecule has 0 radical (unpaired) electrons. The third-order valence-corrected chi connectivity index (χ3v) is 3.13. The lowest BCUT2D eigenvalue weighted by Gasteiger charge is -2.33. The van der Waals surface area contributed by atoms with Crippen LogP contribution in [0.25, 0.3) is 0 Å². The van der Waals surface area contributed by atoms with E-state index in [9.17, 15) is 17.6 Å². The topological polar surface area (TPSA) is 29.3 Å². The van der Waals surface area contributed by atoms with Gasteiger partial charge < -0.3 is 10.6 Å². The van der Waals surface area contributed by atoms with Gasteiger partial charge in [0.2, 0.25) is 0 Å². The fraction of sp³-hybridized carbons (Fsp3) is 0.500. The van der Waals surface area contributed by atoms with Crippen LogP contribution in [0.1, 0.15) is 23.6 Å². The third-order valence-electron chi connectivity index (χ3n) is 3.13. The Morgan fingerprint density at radius 2 is 1.94 bits per heavy atom. The molecule has 100 valence electrons. The number of alkyl halides is 3. The van der Waals surface area contributed by atoms with E-state index >= 15 is 0 Å². The standard InChI is InChI=1S/C12H14F4N2/c13-10-3-2-8(6-9(10)12(14,15)16)11(17)7-18-4-1-5-18/h2-3,6,11H,1,4-5,7,17H2. The van der Waals surface area contributed by atoms with Crippen LogP contribution in [0.2, 0.25) is 0 Å². The number of nitrogens with zero attached hydrogens (tertiary/aromatic N) is 1. The number of rotatable bonds is 3. The minimum atomic E-state index is -4.68. The van der Waals surface area contributed by atoms with E-state index in [-0.39, 0.29) is 0 Å². The Kier molecular flexibility index (Phi) is 3.59. The van der Waals surface area contributed by atoms with Crippen LogP contribution in [0.4, 0.5) is 17.6 Å². The molecule has 2 nitrogen and oxygen atoms in total. The van der Waals surface area contributed by atoms with Gasteiger partial charge in [-0.05, 0) is 37.2 Å². The van der Waals surface area contributed by atoms with E-state index in [1.807, 2.05) is 0 Å². The van der Waals surface area contributed by atoms with E-state index in [0.29, 0.717) is 12.1 Å². The van der Waals surface area contributed by atoms with Crippen molar-refractivity contribution < 1.29 is 17.6 Å². The Morgan fingerprint density at radius 3 is 2.44 bits per heavy atom. The molecule has 1 aromatic rings. The summed E-state index contributed by atoms with van der Waals surface area (Å²) in [5, 5.41) is 0. The van der Waals surface area contributed by atoms with Gasteiger partial charge in [0.15, 0.2) is 0 Å². The van der Waals surface area contributed by atoms with E-state index < -0.39 is 23.6 Å². The van der Waals surface area contributed by atoms with Gasteiger partial charge in [-0.1, -0.05) is 6.07 Å². The fourth-order valence-electron chi connectivity index (χ4n) is 1.94. The van der Waals surface area contributed by atoms with Crippen LogP contribution in [0.15, 0.2) is 18.2 Å². The summed E-state index contributed by atoms with van der Waals surface area (Å²) in [5.41, 5.74) is 4.90. The molecule has 0 bridgehead atoms. The summed E-state index contributed by atoms with van der Waals surface area (Å²) in [5.74, 6) is -1.26. The maximum absolute atomic E-state index is 13.1. The Hall–Kier alpha value is -1.14. The van der Waals surface area contributed by atoms with Crippen LogP contribution in [0, 0.1) is 5.82 Å². The molecular weight excluding hydrogens is 248 g/mol. The number of halogens is 4. The van der Waals surface area contributed by atoms with Gasteiger partial charge in [0.05, 0.1) is 5.56 Å². The molecule has 0 spiro atoms. The van der Waals surface area contributed by atoms with Crippen LogP contribution >= 0.6 is 0 Å². The van der Waals surface area contributed by atoms with Crippen molar-refractivity contribution in [2.24, 2.45) is 5.73 Å². The van der Waals surface area contributed by atoms with Crippen molar-refractivity contribution in [1.29, 1.82) is 0 Å². The van der Waals surface area contributed by atoms with Crippen molar-refractivity contribution in [3.63, 3.8) is 0 Å². The van der Waals surface area contributed by atoms with Gasteiger partial charge >= 0.3 is 6.18 Å². The highest BCUT2D eigenvalue weighted by Crippen LogP contribution is 2.32. The highest BCUT2D eigenvalue weighted by Gasteiger charge is 2.34. The van der Waals surface area contributed by atoms with Crippen molar-refractivity contribution in [1.82, 2.24) is 4.90 Å². The fourth-order valence-corrected chi connectivity index (χ4v) is 1.94. The molecule has 0 saturated carbocycles. The lowest BCUT2D eigenvalue weighted by molar-refractivity contribution is -0.140. The minimum absolute atomic E-state index is 0.315. The summed E-state index contributed by atoms with van der Waals surface area (Å²) >= 11 is 0. The van der Waals surface area contributed by atoms with E-state index in [1.54, 1.807) is 0 Å². The molecule has 2 N–H and O–H groups in total. The molecule has 1 saturated heterocycles. The number of likely N-dealkylation sites (tertiary alicyclic amines) is 1. The van der Waals surface area contributed by atoms with Crippen molar-refractivity contribution >= 4 is 0 Å². The second kappa shape index (κ2) is 4.85. The molecule has 1 heterocycles.